The number of carbonyl (C=O) groups excluding carboxylic acids is 2. The van der Waals surface area contributed by atoms with Crippen LogP contribution in [0.4, 0.5) is 0 Å². The molecule has 0 fully saturated rings. The van der Waals surface area contributed by atoms with Gasteiger partial charge >= 0.3 is 0 Å². The third-order valence-electron chi connectivity index (χ3n) is 1.98. The maximum atomic E-state index is 10.7. The molecule has 0 bridgehead atoms. The van der Waals surface area contributed by atoms with Gasteiger partial charge in [0, 0.05) is 23.3 Å². The SMILES string of the molecule is CC(=O)SCCC=Cc1cc(Cl)cc(C=O)c1. The Balaban J connectivity index is 2.55. The molecule has 0 N–H and O–H groups in total. The summed E-state index contributed by atoms with van der Waals surface area (Å²) in [4.78, 5) is 21.3. The van der Waals surface area contributed by atoms with Crippen LogP contribution in [0.2, 0.25) is 5.02 Å². The van der Waals surface area contributed by atoms with E-state index in [0.717, 1.165) is 24.0 Å². The van der Waals surface area contributed by atoms with Crippen LogP contribution in [0, 0.1) is 0 Å². The second-order valence-corrected chi connectivity index (χ2v) is 5.18. The molecule has 0 aliphatic rings. The molecule has 0 radical (unpaired) electrons. The van der Waals surface area contributed by atoms with E-state index in [2.05, 4.69) is 0 Å². The maximum Gasteiger partial charge on any atom is 0.185 e. The second-order valence-electron chi connectivity index (χ2n) is 3.47. The quantitative estimate of drug-likeness (QED) is 0.601. The van der Waals surface area contributed by atoms with Crippen LogP contribution in [0.15, 0.2) is 24.3 Å². The fourth-order valence-electron chi connectivity index (χ4n) is 1.29. The molecule has 0 aliphatic carbocycles. The molecule has 0 saturated heterocycles. The van der Waals surface area contributed by atoms with Gasteiger partial charge in [0.15, 0.2) is 5.12 Å². The zero-order valence-electron chi connectivity index (χ0n) is 9.48. The van der Waals surface area contributed by atoms with E-state index < -0.39 is 0 Å². The summed E-state index contributed by atoms with van der Waals surface area (Å²) in [7, 11) is 0. The third-order valence-corrected chi connectivity index (χ3v) is 3.04. The van der Waals surface area contributed by atoms with E-state index in [1.165, 1.54) is 11.8 Å². The first-order valence-electron chi connectivity index (χ1n) is 5.17. The highest BCUT2D eigenvalue weighted by Gasteiger charge is 1.96. The number of carbonyl (C=O) groups is 2. The Morgan fingerprint density at radius 3 is 2.71 bits per heavy atom. The molecular weight excluding hydrogens is 256 g/mol. The van der Waals surface area contributed by atoms with Crippen LogP contribution in [0.25, 0.3) is 6.08 Å². The highest BCUT2D eigenvalue weighted by molar-refractivity contribution is 8.13. The van der Waals surface area contributed by atoms with Crippen molar-refractivity contribution >= 4 is 40.8 Å². The number of aldehydes is 1. The molecule has 90 valence electrons. The fourth-order valence-corrected chi connectivity index (χ4v) is 2.08. The normalized spacial score (nSPS) is 10.7. The molecular formula is C13H13ClO2S. The molecule has 0 heterocycles. The molecule has 1 aromatic carbocycles. The summed E-state index contributed by atoms with van der Waals surface area (Å²) in [6, 6.07) is 5.19. The molecule has 0 unspecified atom stereocenters. The van der Waals surface area contributed by atoms with Gasteiger partial charge < -0.3 is 0 Å². The first kappa shape index (κ1) is 14.0. The monoisotopic (exact) mass is 268 g/mol. The molecule has 1 rings (SSSR count). The Kier molecular flexibility index (Phi) is 6.01. The van der Waals surface area contributed by atoms with Gasteiger partial charge in [0.05, 0.1) is 0 Å². The van der Waals surface area contributed by atoms with E-state index >= 15 is 0 Å². The summed E-state index contributed by atoms with van der Waals surface area (Å²) in [6.45, 7) is 1.56. The highest BCUT2D eigenvalue weighted by Crippen LogP contribution is 2.15. The number of allylic oxidation sites excluding steroid dienone is 1. The zero-order valence-corrected chi connectivity index (χ0v) is 11.1. The van der Waals surface area contributed by atoms with Crippen molar-refractivity contribution in [1.82, 2.24) is 0 Å². The molecule has 2 nitrogen and oxygen atoms in total. The van der Waals surface area contributed by atoms with Crippen LogP contribution in [0.5, 0.6) is 0 Å². The number of rotatable bonds is 5. The highest BCUT2D eigenvalue weighted by atomic mass is 35.5. The van der Waals surface area contributed by atoms with Crippen LogP contribution in [-0.4, -0.2) is 17.2 Å². The summed E-state index contributed by atoms with van der Waals surface area (Å²) in [5.41, 5.74) is 1.46. The first-order valence-corrected chi connectivity index (χ1v) is 6.54. The van der Waals surface area contributed by atoms with Gasteiger partial charge in [-0.3, -0.25) is 9.59 Å². The molecule has 1 aromatic rings. The lowest BCUT2D eigenvalue weighted by Crippen LogP contribution is -1.84. The van der Waals surface area contributed by atoms with E-state index in [4.69, 9.17) is 11.6 Å². The summed E-state index contributed by atoms with van der Waals surface area (Å²) < 4.78 is 0. The van der Waals surface area contributed by atoms with E-state index in [9.17, 15) is 9.59 Å². The van der Waals surface area contributed by atoms with Crippen molar-refractivity contribution in [3.05, 3.63) is 40.4 Å². The lowest BCUT2D eigenvalue weighted by molar-refractivity contribution is -0.109. The number of benzene rings is 1. The summed E-state index contributed by atoms with van der Waals surface area (Å²) in [5.74, 6) is 0.771. The van der Waals surface area contributed by atoms with Crippen LogP contribution < -0.4 is 0 Å². The van der Waals surface area contributed by atoms with Crippen molar-refractivity contribution in [3.63, 3.8) is 0 Å². The molecule has 0 atom stereocenters. The number of hydrogen-bond donors (Lipinski definition) is 0. The van der Waals surface area contributed by atoms with Gasteiger partial charge in [0.2, 0.25) is 0 Å². The predicted octanol–water partition coefficient (Wildman–Crippen LogP) is 3.84. The number of hydrogen-bond acceptors (Lipinski definition) is 3. The van der Waals surface area contributed by atoms with Gasteiger partial charge in [-0.25, -0.2) is 0 Å². The average Bonchev–Trinajstić information content (AvgIpc) is 2.27. The zero-order chi connectivity index (χ0) is 12.7. The molecule has 4 heteroatoms. The molecule has 0 amide bonds. The van der Waals surface area contributed by atoms with Gasteiger partial charge in [-0.05, 0) is 30.2 Å². The smallest absolute Gasteiger partial charge is 0.185 e. The molecule has 0 aliphatic heterocycles. The Bertz CT molecular complexity index is 441. The average molecular weight is 269 g/mol. The van der Waals surface area contributed by atoms with Gasteiger partial charge in [0.1, 0.15) is 6.29 Å². The lowest BCUT2D eigenvalue weighted by Gasteiger charge is -1.97. The van der Waals surface area contributed by atoms with E-state index in [1.54, 1.807) is 25.1 Å². The van der Waals surface area contributed by atoms with Crippen molar-refractivity contribution in [2.75, 3.05) is 5.75 Å². The van der Waals surface area contributed by atoms with E-state index in [0.29, 0.717) is 10.6 Å². The molecule has 0 aromatic heterocycles. The standard InChI is InChI=1S/C13H13ClO2S/c1-10(16)17-5-3-2-4-11-6-12(9-15)8-13(14)7-11/h2,4,6-9H,3,5H2,1H3. The van der Waals surface area contributed by atoms with Crippen LogP contribution in [0.1, 0.15) is 29.3 Å². The minimum atomic E-state index is 0.129. The summed E-state index contributed by atoms with van der Waals surface area (Å²) in [6.07, 6.45) is 5.46. The Morgan fingerprint density at radius 2 is 2.06 bits per heavy atom. The second kappa shape index (κ2) is 7.30. The number of thioether (sulfide) groups is 1. The van der Waals surface area contributed by atoms with Crippen LogP contribution in [-0.2, 0) is 4.79 Å². The maximum absolute atomic E-state index is 10.7. The van der Waals surface area contributed by atoms with Gasteiger partial charge in [-0.1, -0.05) is 35.5 Å². The largest absolute Gasteiger partial charge is 0.298 e. The summed E-state index contributed by atoms with van der Waals surface area (Å²) in [5, 5.41) is 0.678. The van der Waals surface area contributed by atoms with Crippen molar-refractivity contribution in [2.45, 2.75) is 13.3 Å². The van der Waals surface area contributed by atoms with Crippen LogP contribution >= 0.6 is 23.4 Å². The van der Waals surface area contributed by atoms with E-state index in [-0.39, 0.29) is 5.12 Å². The minimum absolute atomic E-state index is 0.129. The first-order chi connectivity index (χ1) is 8.11. The Morgan fingerprint density at radius 1 is 1.35 bits per heavy atom. The Labute approximate surface area is 110 Å². The topological polar surface area (TPSA) is 34.1 Å². The third kappa shape index (κ3) is 5.71. The van der Waals surface area contributed by atoms with Crippen molar-refractivity contribution in [3.8, 4) is 0 Å². The number of halogens is 1. The van der Waals surface area contributed by atoms with Gasteiger partial charge in [-0.15, -0.1) is 0 Å². The van der Waals surface area contributed by atoms with E-state index in [1.807, 2.05) is 12.2 Å². The van der Waals surface area contributed by atoms with Crippen molar-refractivity contribution in [2.24, 2.45) is 0 Å². The minimum Gasteiger partial charge on any atom is -0.298 e. The van der Waals surface area contributed by atoms with Gasteiger partial charge in [-0.2, -0.15) is 0 Å². The van der Waals surface area contributed by atoms with Crippen LogP contribution in [0.3, 0.4) is 0 Å². The van der Waals surface area contributed by atoms with Gasteiger partial charge in [0.25, 0.3) is 0 Å². The summed E-state index contributed by atoms with van der Waals surface area (Å²) >= 11 is 7.17. The fraction of sp³-hybridized carbons (Fsp3) is 0.231. The Hall–Kier alpha value is -1.06. The van der Waals surface area contributed by atoms with Crippen molar-refractivity contribution < 1.29 is 9.59 Å². The van der Waals surface area contributed by atoms with Crippen molar-refractivity contribution in [1.29, 1.82) is 0 Å². The lowest BCUT2D eigenvalue weighted by atomic mass is 10.1. The molecule has 0 saturated carbocycles. The predicted molar refractivity (Wildman–Crippen MR) is 73.6 cm³/mol. The molecule has 17 heavy (non-hydrogen) atoms. The molecule has 0 spiro atoms.